The maximum Gasteiger partial charge on any atom is 0.265 e. The molecule has 15 heavy (non-hydrogen) atoms. The fourth-order valence-corrected chi connectivity index (χ4v) is 4.17. The number of hydrogen-bond acceptors (Lipinski definition) is 2. The van der Waals surface area contributed by atoms with E-state index >= 15 is 0 Å². The van der Waals surface area contributed by atoms with Crippen LogP contribution in [-0.2, 0) is 0 Å². The van der Waals surface area contributed by atoms with E-state index in [2.05, 4.69) is 38.8 Å². The smallest absolute Gasteiger partial charge is 0.265 e. The Bertz CT molecular complexity index is 379. The van der Waals surface area contributed by atoms with Gasteiger partial charge in [-0.2, -0.15) is 0 Å². The highest BCUT2D eigenvalue weighted by Crippen LogP contribution is 2.29. The van der Waals surface area contributed by atoms with Crippen LogP contribution in [0.3, 0.4) is 0 Å². The highest BCUT2D eigenvalue weighted by Gasteiger charge is 2.32. The van der Waals surface area contributed by atoms with Crippen LogP contribution in [-0.4, -0.2) is 28.2 Å². The first-order valence-corrected chi connectivity index (χ1v) is 7.36. The van der Waals surface area contributed by atoms with E-state index in [4.69, 9.17) is 0 Å². The first-order valence-electron chi connectivity index (χ1n) is 4.77. The highest BCUT2D eigenvalue weighted by molar-refractivity contribution is 9.10. The van der Waals surface area contributed by atoms with Crippen molar-refractivity contribution in [3.05, 3.63) is 20.8 Å². The minimum Gasteiger partial charge on any atom is -0.334 e. The van der Waals surface area contributed by atoms with Crippen molar-refractivity contribution in [2.45, 2.75) is 24.2 Å². The monoisotopic (exact) mass is 351 g/mol. The Hall–Kier alpha value is 0.130. The molecule has 1 aromatic rings. The number of hydrogen-bond donors (Lipinski definition) is 0. The molecule has 0 spiro atoms. The van der Waals surface area contributed by atoms with E-state index in [1.165, 1.54) is 11.3 Å². The lowest BCUT2D eigenvalue weighted by Crippen LogP contribution is -2.33. The van der Waals surface area contributed by atoms with Gasteiger partial charge in [-0.05, 0) is 40.7 Å². The molecule has 1 aliphatic rings. The van der Waals surface area contributed by atoms with Crippen LogP contribution in [0.2, 0.25) is 0 Å². The zero-order valence-electron chi connectivity index (χ0n) is 8.24. The molecule has 5 heteroatoms. The molecule has 0 N–H and O–H groups in total. The summed E-state index contributed by atoms with van der Waals surface area (Å²) in [5, 5.41) is 1.93. The number of carbonyl (C=O) groups excluding carboxylic acids is 1. The molecule has 2 heterocycles. The second-order valence-electron chi connectivity index (χ2n) is 3.74. The predicted octanol–water partition coefficient (Wildman–Crippen LogP) is 3.51. The van der Waals surface area contributed by atoms with Gasteiger partial charge in [0, 0.05) is 21.9 Å². The molecule has 1 aromatic heterocycles. The fourth-order valence-electron chi connectivity index (χ4n) is 1.83. The number of likely N-dealkylation sites (tertiary alicyclic amines) is 1. The molecule has 0 bridgehead atoms. The number of thiophene rings is 1. The van der Waals surface area contributed by atoms with E-state index < -0.39 is 0 Å². The van der Waals surface area contributed by atoms with Crippen LogP contribution >= 0.6 is 43.2 Å². The van der Waals surface area contributed by atoms with Crippen molar-refractivity contribution >= 4 is 49.1 Å². The van der Waals surface area contributed by atoms with Gasteiger partial charge in [0.25, 0.3) is 5.91 Å². The molecule has 1 saturated heterocycles. The molecule has 1 aliphatic heterocycles. The molecule has 82 valence electrons. The van der Waals surface area contributed by atoms with E-state index in [0.29, 0.717) is 10.9 Å². The van der Waals surface area contributed by atoms with Crippen molar-refractivity contribution in [2.75, 3.05) is 6.54 Å². The van der Waals surface area contributed by atoms with Gasteiger partial charge in [-0.25, -0.2) is 0 Å². The van der Waals surface area contributed by atoms with E-state index in [-0.39, 0.29) is 5.91 Å². The summed E-state index contributed by atoms with van der Waals surface area (Å²) < 4.78 is 0.905. The van der Waals surface area contributed by atoms with Gasteiger partial charge in [-0.1, -0.05) is 15.9 Å². The van der Waals surface area contributed by atoms with Gasteiger partial charge in [-0.15, -0.1) is 11.3 Å². The molecule has 0 aliphatic carbocycles. The molecular weight excluding hydrogens is 342 g/mol. The van der Waals surface area contributed by atoms with Crippen LogP contribution in [0.4, 0.5) is 0 Å². The SMILES string of the molecule is CC1CC(Br)CN1C(=O)c1sccc1Br. The third kappa shape index (κ3) is 2.29. The summed E-state index contributed by atoms with van der Waals surface area (Å²) in [5.74, 6) is 0.145. The second-order valence-corrected chi connectivity index (χ2v) is 6.80. The van der Waals surface area contributed by atoms with Gasteiger partial charge >= 0.3 is 0 Å². The lowest BCUT2D eigenvalue weighted by Gasteiger charge is -2.20. The van der Waals surface area contributed by atoms with Gasteiger partial charge in [0.2, 0.25) is 0 Å². The van der Waals surface area contributed by atoms with Gasteiger partial charge in [0.1, 0.15) is 4.88 Å². The van der Waals surface area contributed by atoms with Crippen LogP contribution in [0.15, 0.2) is 15.9 Å². The van der Waals surface area contributed by atoms with Crippen LogP contribution in [0.25, 0.3) is 0 Å². The number of carbonyl (C=O) groups is 1. The van der Waals surface area contributed by atoms with Crippen molar-refractivity contribution in [1.29, 1.82) is 0 Å². The third-order valence-corrected chi connectivity index (χ3v) is 5.09. The summed E-state index contributed by atoms with van der Waals surface area (Å²) >= 11 is 8.46. The lowest BCUT2D eigenvalue weighted by atomic mass is 10.2. The summed E-state index contributed by atoms with van der Waals surface area (Å²) in [5.41, 5.74) is 0. The van der Waals surface area contributed by atoms with Crippen LogP contribution in [0.5, 0.6) is 0 Å². The summed E-state index contributed by atoms with van der Waals surface area (Å²) in [7, 11) is 0. The van der Waals surface area contributed by atoms with Crippen LogP contribution in [0.1, 0.15) is 23.0 Å². The average Bonchev–Trinajstić information content (AvgIpc) is 2.71. The predicted molar refractivity (Wildman–Crippen MR) is 69.8 cm³/mol. The minimum absolute atomic E-state index is 0.145. The van der Waals surface area contributed by atoms with Crippen molar-refractivity contribution in [3.8, 4) is 0 Å². The van der Waals surface area contributed by atoms with E-state index in [1.807, 2.05) is 16.3 Å². The molecule has 1 fully saturated rings. The maximum absolute atomic E-state index is 12.2. The zero-order chi connectivity index (χ0) is 11.0. The number of alkyl halides is 1. The molecule has 0 aromatic carbocycles. The fraction of sp³-hybridized carbons (Fsp3) is 0.500. The van der Waals surface area contributed by atoms with Gasteiger partial charge in [0.15, 0.2) is 0 Å². The molecule has 0 radical (unpaired) electrons. The summed E-state index contributed by atoms with van der Waals surface area (Å²) in [4.78, 5) is 15.4. The lowest BCUT2D eigenvalue weighted by molar-refractivity contribution is 0.0752. The molecule has 1 amide bonds. The average molecular weight is 353 g/mol. The Morgan fingerprint density at radius 3 is 2.87 bits per heavy atom. The number of halogens is 2. The van der Waals surface area contributed by atoms with Crippen molar-refractivity contribution in [1.82, 2.24) is 4.90 Å². The highest BCUT2D eigenvalue weighted by atomic mass is 79.9. The molecule has 2 rings (SSSR count). The van der Waals surface area contributed by atoms with Crippen LogP contribution < -0.4 is 0 Å². The van der Waals surface area contributed by atoms with Crippen molar-refractivity contribution in [3.63, 3.8) is 0 Å². The van der Waals surface area contributed by atoms with Gasteiger partial charge in [-0.3, -0.25) is 4.79 Å². The normalized spacial score (nSPS) is 25.9. The largest absolute Gasteiger partial charge is 0.334 e. The van der Waals surface area contributed by atoms with E-state index in [1.54, 1.807) is 0 Å². The minimum atomic E-state index is 0.145. The molecule has 2 nitrogen and oxygen atoms in total. The molecular formula is C10H11Br2NOS. The quantitative estimate of drug-likeness (QED) is 0.708. The second kappa shape index (κ2) is 4.55. The number of rotatable bonds is 1. The number of amides is 1. The van der Waals surface area contributed by atoms with E-state index in [0.717, 1.165) is 22.3 Å². The van der Waals surface area contributed by atoms with Crippen molar-refractivity contribution in [2.24, 2.45) is 0 Å². The van der Waals surface area contributed by atoms with Gasteiger partial charge < -0.3 is 4.90 Å². The van der Waals surface area contributed by atoms with Gasteiger partial charge in [0.05, 0.1) is 0 Å². The summed E-state index contributed by atoms with van der Waals surface area (Å²) in [6.45, 7) is 2.91. The summed E-state index contributed by atoms with van der Waals surface area (Å²) in [6.07, 6.45) is 1.04. The maximum atomic E-state index is 12.2. The first-order chi connectivity index (χ1) is 7.09. The Morgan fingerprint density at radius 1 is 1.67 bits per heavy atom. The molecule has 2 unspecified atom stereocenters. The molecule has 0 saturated carbocycles. The standard InChI is InChI=1S/C10H11Br2NOS/c1-6-4-7(11)5-13(6)10(14)9-8(12)2-3-15-9/h2-3,6-7H,4-5H2,1H3. The Morgan fingerprint density at radius 2 is 2.40 bits per heavy atom. The Balaban J connectivity index is 2.19. The Labute approximate surface area is 110 Å². The van der Waals surface area contributed by atoms with Crippen molar-refractivity contribution < 1.29 is 4.79 Å². The Kier molecular flexibility index (Phi) is 3.52. The van der Waals surface area contributed by atoms with E-state index in [9.17, 15) is 4.79 Å². The first kappa shape index (κ1) is 11.6. The number of nitrogens with zero attached hydrogens (tertiary/aromatic N) is 1. The topological polar surface area (TPSA) is 20.3 Å². The summed E-state index contributed by atoms with van der Waals surface area (Å²) in [6, 6.07) is 2.25. The molecule has 2 atom stereocenters. The zero-order valence-corrected chi connectivity index (χ0v) is 12.2. The third-order valence-electron chi connectivity index (χ3n) is 2.60. The van der Waals surface area contributed by atoms with Crippen LogP contribution in [0, 0.1) is 0 Å².